The van der Waals surface area contributed by atoms with E-state index in [0.717, 1.165) is 6.42 Å². The summed E-state index contributed by atoms with van der Waals surface area (Å²) < 4.78 is 20.2. The normalized spacial score (nSPS) is 16.5. The minimum Gasteiger partial charge on any atom is -0.493 e. The molecule has 2 heterocycles. The second kappa shape index (κ2) is 12.2. The number of piperidine rings is 1. The zero-order valence-corrected chi connectivity index (χ0v) is 22.8. The van der Waals surface area contributed by atoms with Crippen LogP contribution in [-0.2, 0) is 29.0 Å². The second-order valence-electron chi connectivity index (χ2n) is 10.7. The van der Waals surface area contributed by atoms with Gasteiger partial charge in [0.15, 0.2) is 0 Å². The van der Waals surface area contributed by atoms with Gasteiger partial charge >= 0.3 is 0 Å². The van der Waals surface area contributed by atoms with Gasteiger partial charge in [0.2, 0.25) is 11.8 Å². The van der Waals surface area contributed by atoms with Crippen molar-refractivity contribution in [3.63, 3.8) is 0 Å². The van der Waals surface area contributed by atoms with E-state index in [-0.39, 0.29) is 24.1 Å². The zero-order chi connectivity index (χ0) is 27.2. The van der Waals surface area contributed by atoms with E-state index in [9.17, 15) is 14.0 Å². The first-order valence-electron chi connectivity index (χ1n) is 13.6. The molecule has 0 bridgehead atoms. The monoisotopic (exact) mass is 548 g/mol. The van der Waals surface area contributed by atoms with Gasteiger partial charge in [-0.25, -0.2) is 4.39 Å². The first-order valence-corrected chi connectivity index (χ1v) is 14.0. The molecule has 0 saturated carbocycles. The highest BCUT2D eigenvalue weighted by atomic mass is 35.5. The summed E-state index contributed by atoms with van der Waals surface area (Å²) in [5, 5.41) is 0.597. The molecule has 0 aliphatic carbocycles. The lowest BCUT2D eigenvalue weighted by molar-refractivity contribution is -0.138. The lowest BCUT2D eigenvalue weighted by Gasteiger charge is -2.42. The van der Waals surface area contributed by atoms with Crippen molar-refractivity contribution in [1.29, 1.82) is 0 Å². The third kappa shape index (κ3) is 6.80. The minimum absolute atomic E-state index is 0.0153. The quantitative estimate of drug-likeness (QED) is 0.343. The molecule has 7 heteroatoms. The Morgan fingerprint density at radius 2 is 1.62 bits per heavy atom. The van der Waals surface area contributed by atoms with Crippen molar-refractivity contribution in [2.45, 2.75) is 45.1 Å². The Morgan fingerprint density at radius 1 is 0.872 bits per heavy atom. The number of hydrogen-bond donors (Lipinski definition) is 0. The molecule has 204 valence electrons. The fourth-order valence-corrected chi connectivity index (χ4v) is 5.82. The summed E-state index contributed by atoms with van der Waals surface area (Å²) in [5.41, 5.74) is 2.68. The number of hydrogen-bond acceptors (Lipinski definition) is 3. The van der Waals surface area contributed by atoms with E-state index in [0.29, 0.717) is 74.8 Å². The van der Waals surface area contributed by atoms with Crippen LogP contribution in [0.3, 0.4) is 0 Å². The average Bonchev–Trinajstić information content (AvgIpc) is 2.96. The van der Waals surface area contributed by atoms with Crippen LogP contribution < -0.4 is 4.74 Å². The molecule has 0 atom stereocenters. The summed E-state index contributed by atoms with van der Waals surface area (Å²) in [4.78, 5) is 30.4. The molecule has 0 spiro atoms. The van der Waals surface area contributed by atoms with Crippen molar-refractivity contribution in [2.75, 3.05) is 26.2 Å². The molecular weight excluding hydrogens is 515 g/mol. The van der Waals surface area contributed by atoms with Crippen LogP contribution in [0.2, 0.25) is 5.02 Å². The SMILES string of the molecule is O=C(CCc1ccccc1F)N1CCC(COc2cccc(Cl)c2)(CC(=O)N2CCc3ccccc3C2)CC1. The summed E-state index contributed by atoms with van der Waals surface area (Å²) in [6.07, 6.45) is 3.19. The molecule has 0 unspecified atom stereocenters. The number of halogens is 2. The van der Waals surface area contributed by atoms with Crippen LogP contribution in [0, 0.1) is 11.2 Å². The summed E-state index contributed by atoms with van der Waals surface area (Å²) in [6.45, 7) is 2.81. The van der Waals surface area contributed by atoms with Gasteiger partial charge in [0.25, 0.3) is 0 Å². The van der Waals surface area contributed by atoms with Gasteiger partial charge in [-0.05, 0) is 66.6 Å². The average molecular weight is 549 g/mol. The Bertz CT molecular complexity index is 1320. The number of likely N-dealkylation sites (tertiary alicyclic amines) is 1. The third-order valence-electron chi connectivity index (χ3n) is 8.09. The molecule has 0 aromatic heterocycles. The highest BCUT2D eigenvalue weighted by molar-refractivity contribution is 6.30. The molecule has 0 radical (unpaired) electrons. The predicted octanol–water partition coefficient (Wildman–Crippen LogP) is 6.07. The molecular formula is C32H34ClFN2O3. The maximum absolute atomic E-state index is 14.0. The smallest absolute Gasteiger partial charge is 0.223 e. The Balaban J connectivity index is 1.24. The van der Waals surface area contributed by atoms with Crippen LogP contribution in [0.4, 0.5) is 4.39 Å². The van der Waals surface area contributed by atoms with Crippen molar-refractivity contribution in [2.24, 2.45) is 5.41 Å². The summed E-state index contributed by atoms with van der Waals surface area (Å²) in [7, 11) is 0. The fraction of sp³-hybridized carbons (Fsp3) is 0.375. The summed E-state index contributed by atoms with van der Waals surface area (Å²) in [5.74, 6) is 0.532. The minimum atomic E-state index is -0.390. The van der Waals surface area contributed by atoms with Gasteiger partial charge in [0.05, 0.1) is 6.61 Å². The molecule has 3 aromatic carbocycles. The number of aryl methyl sites for hydroxylation is 1. The number of ether oxygens (including phenoxy) is 1. The van der Waals surface area contributed by atoms with Crippen LogP contribution in [-0.4, -0.2) is 47.9 Å². The first kappa shape index (κ1) is 27.2. The lowest BCUT2D eigenvalue weighted by Crippen LogP contribution is -2.48. The molecule has 1 fully saturated rings. The highest BCUT2D eigenvalue weighted by Crippen LogP contribution is 2.37. The maximum Gasteiger partial charge on any atom is 0.223 e. The van der Waals surface area contributed by atoms with Crippen molar-refractivity contribution in [1.82, 2.24) is 9.80 Å². The van der Waals surface area contributed by atoms with Crippen molar-refractivity contribution in [3.8, 4) is 5.75 Å². The van der Waals surface area contributed by atoms with E-state index >= 15 is 0 Å². The molecule has 0 N–H and O–H groups in total. The Kier molecular flexibility index (Phi) is 8.51. The van der Waals surface area contributed by atoms with E-state index in [1.807, 2.05) is 34.1 Å². The van der Waals surface area contributed by atoms with Crippen molar-refractivity contribution < 1.29 is 18.7 Å². The molecule has 39 heavy (non-hydrogen) atoms. The van der Waals surface area contributed by atoms with Gasteiger partial charge in [0, 0.05) is 49.5 Å². The van der Waals surface area contributed by atoms with E-state index in [1.54, 1.807) is 30.3 Å². The number of rotatable bonds is 8. The van der Waals surface area contributed by atoms with Crippen molar-refractivity contribution in [3.05, 3.63) is 100 Å². The third-order valence-corrected chi connectivity index (χ3v) is 8.33. The molecule has 1 saturated heterocycles. The van der Waals surface area contributed by atoms with Gasteiger partial charge < -0.3 is 14.5 Å². The van der Waals surface area contributed by atoms with Crippen LogP contribution in [0.5, 0.6) is 5.75 Å². The van der Waals surface area contributed by atoms with E-state index in [4.69, 9.17) is 16.3 Å². The van der Waals surface area contributed by atoms with Crippen LogP contribution in [0.1, 0.15) is 42.4 Å². The Morgan fingerprint density at radius 3 is 2.38 bits per heavy atom. The van der Waals surface area contributed by atoms with E-state index in [2.05, 4.69) is 12.1 Å². The molecule has 2 aliphatic rings. The number of benzene rings is 3. The summed E-state index contributed by atoms with van der Waals surface area (Å²) in [6, 6.07) is 22.2. The maximum atomic E-state index is 14.0. The largest absolute Gasteiger partial charge is 0.493 e. The van der Waals surface area contributed by atoms with Crippen molar-refractivity contribution >= 4 is 23.4 Å². The van der Waals surface area contributed by atoms with E-state index < -0.39 is 5.41 Å². The molecule has 2 amide bonds. The van der Waals surface area contributed by atoms with Crippen LogP contribution >= 0.6 is 11.6 Å². The zero-order valence-electron chi connectivity index (χ0n) is 22.1. The van der Waals surface area contributed by atoms with Crippen LogP contribution in [0.15, 0.2) is 72.8 Å². The first-order chi connectivity index (χ1) is 18.9. The van der Waals surface area contributed by atoms with Gasteiger partial charge in [-0.15, -0.1) is 0 Å². The number of amides is 2. The molecule has 5 nitrogen and oxygen atoms in total. The number of fused-ring (bicyclic) bond motifs is 1. The Labute approximate surface area is 234 Å². The highest BCUT2D eigenvalue weighted by Gasteiger charge is 2.40. The Hall–Kier alpha value is -3.38. The molecule has 2 aliphatic heterocycles. The van der Waals surface area contributed by atoms with Gasteiger partial charge in [0.1, 0.15) is 11.6 Å². The number of carbonyl (C=O) groups is 2. The van der Waals surface area contributed by atoms with Gasteiger partial charge in [-0.2, -0.15) is 0 Å². The molecule has 5 rings (SSSR count). The van der Waals surface area contributed by atoms with E-state index in [1.165, 1.54) is 17.2 Å². The van der Waals surface area contributed by atoms with Crippen LogP contribution in [0.25, 0.3) is 0 Å². The fourth-order valence-electron chi connectivity index (χ4n) is 5.64. The number of carbonyl (C=O) groups excluding carboxylic acids is 2. The standard InChI is InChI=1S/C32H34ClFN2O3/c33-27-9-5-10-28(20-27)39-23-32(21-31(38)36-17-14-24-6-1-2-8-26(24)22-36)15-18-35(19-16-32)30(37)13-12-25-7-3-4-11-29(25)34/h1-11,20H,12-19,21-23H2. The topological polar surface area (TPSA) is 49.9 Å². The second-order valence-corrected chi connectivity index (χ2v) is 11.2. The van der Waals surface area contributed by atoms with Gasteiger partial charge in [-0.3, -0.25) is 9.59 Å². The van der Waals surface area contributed by atoms with Gasteiger partial charge in [-0.1, -0.05) is 60.1 Å². The summed E-state index contributed by atoms with van der Waals surface area (Å²) >= 11 is 6.16. The lowest BCUT2D eigenvalue weighted by atomic mass is 9.75. The number of nitrogens with zero attached hydrogens (tertiary/aromatic N) is 2. The predicted molar refractivity (Wildman–Crippen MR) is 150 cm³/mol. The molecule has 3 aromatic rings.